The third-order valence-electron chi connectivity index (χ3n) is 1.99. The maximum Gasteiger partial charge on any atom is 0.227 e. The average Bonchev–Trinajstić information content (AvgIpc) is 1.97. The molecule has 1 heterocycles. The van der Waals surface area contributed by atoms with Crippen molar-refractivity contribution in [2.75, 3.05) is 0 Å². The first-order valence-corrected chi connectivity index (χ1v) is 4.09. The lowest BCUT2D eigenvalue weighted by Crippen LogP contribution is -2.41. The van der Waals surface area contributed by atoms with Gasteiger partial charge in [-0.1, -0.05) is 27.4 Å². The van der Waals surface area contributed by atoms with Crippen LogP contribution in [0.15, 0.2) is 12.3 Å². The molecule has 0 aliphatic carbocycles. The van der Waals surface area contributed by atoms with Gasteiger partial charge in [-0.15, -0.1) is 0 Å². The molecule has 0 aromatic carbocycles. The number of rotatable bonds is 0. The number of piperidine rings is 1. The average molecular weight is 169 g/mol. The smallest absolute Gasteiger partial charge is 0.227 e. The lowest BCUT2D eigenvalue weighted by molar-refractivity contribution is -0.129. The standard InChI is InChI=1S/C10H17NO/c1-7-5-6-8(9(12)11-7)10(2,3)4/h8H,1,5-6H2,2-4H3,(H,11,12)/i5D,6D. The summed E-state index contributed by atoms with van der Waals surface area (Å²) in [6.07, 6.45) is -1.42. The van der Waals surface area contributed by atoms with Gasteiger partial charge in [0.05, 0.1) is 0 Å². The van der Waals surface area contributed by atoms with E-state index in [1.165, 1.54) is 0 Å². The molecule has 0 bridgehead atoms. The summed E-state index contributed by atoms with van der Waals surface area (Å²) >= 11 is 0. The van der Waals surface area contributed by atoms with Crippen molar-refractivity contribution in [2.45, 2.75) is 33.6 Å². The molecule has 1 fully saturated rings. The third-order valence-corrected chi connectivity index (χ3v) is 1.99. The maximum absolute atomic E-state index is 11.6. The number of nitrogens with one attached hydrogen (secondary N) is 1. The molecule has 0 radical (unpaired) electrons. The van der Waals surface area contributed by atoms with Crippen molar-refractivity contribution in [2.24, 2.45) is 11.3 Å². The summed E-state index contributed by atoms with van der Waals surface area (Å²) in [5.41, 5.74) is 0.0618. The molecule has 0 saturated carbocycles. The van der Waals surface area contributed by atoms with Crippen LogP contribution in [0.3, 0.4) is 0 Å². The molecular weight excluding hydrogens is 150 g/mol. The van der Waals surface area contributed by atoms with Gasteiger partial charge in [0.2, 0.25) is 5.91 Å². The molecule has 0 spiro atoms. The Kier molecular flexibility index (Phi) is 1.63. The van der Waals surface area contributed by atoms with E-state index in [-0.39, 0.29) is 11.3 Å². The number of hydrogen-bond donors (Lipinski definition) is 1. The van der Waals surface area contributed by atoms with E-state index in [1.807, 2.05) is 20.8 Å². The van der Waals surface area contributed by atoms with E-state index < -0.39 is 18.7 Å². The minimum Gasteiger partial charge on any atom is -0.330 e. The fourth-order valence-corrected chi connectivity index (χ4v) is 1.26. The molecule has 1 N–H and O–H groups in total. The Labute approximate surface area is 76.8 Å². The van der Waals surface area contributed by atoms with Gasteiger partial charge in [-0.2, -0.15) is 0 Å². The topological polar surface area (TPSA) is 29.1 Å². The number of carbonyl (C=O) groups excluding carboxylic acids is 1. The van der Waals surface area contributed by atoms with Gasteiger partial charge >= 0.3 is 0 Å². The Bertz CT molecular complexity index is 270. The van der Waals surface area contributed by atoms with Crippen molar-refractivity contribution in [3.63, 3.8) is 0 Å². The summed E-state index contributed by atoms with van der Waals surface area (Å²) < 4.78 is 15.5. The molecule has 1 rings (SSSR count). The van der Waals surface area contributed by atoms with E-state index >= 15 is 0 Å². The second-order valence-corrected chi connectivity index (χ2v) is 4.22. The number of hydrogen-bond acceptors (Lipinski definition) is 1. The Hall–Kier alpha value is -0.790. The van der Waals surface area contributed by atoms with E-state index in [1.54, 1.807) is 0 Å². The van der Waals surface area contributed by atoms with Crippen molar-refractivity contribution >= 4 is 5.91 Å². The zero-order valence-corrected chi connectivity index (χ0v) is 7.85. The maximum atomic E-state index is 11.6. The van der Waals surface area contributed by atoms with Crippen LogP contribution in [0.25, 0.3) is 0 Å². The van der Waals surface area contributed by atoms with Crippen LogP contribution in [0.1, 0.15) is 36.3 Å². The summed E-state index contributed by atoms with van der Waals surface area (Å²) in [5, 5.41) is 2.58. The zero-order valence-electron chi connectivity index (χ0n) is 9.85. The van der Waals surface area contributed by atoms with Crippen LogP contribution in [0, 0.1) is 11.3 Å². The molecule has 12 heavy (non-hydrogen) atoms. The molecule has 1 amide bonds. The van der Waals surface area contributed by atoms with Crippen LogP contribution in [-0.4, -0.2) is 5.91 Å². The fraction of sp³-hybridized carbons (Fsp3) is 0.700. The van der Waals surface area contributed by atoms with Crippen molar-refractivity contribution in [1.29, 1.82) is 0 Å². The first-order valence-electron chi connectivity index (χ1n) is 5.25. The first kappa shape index (κ1) is 6.70. The van der Waals surface area contributed by atoms with Crippen LogP contribution in [0.2, 0.25) is 0 Å². The molecule has 1 aliphatic heterocycles. The highest BCUT2D eigenvalue weighted by Gasteiger charge is 2.33. The largest absolute Gasteiger partial charge is 0.330 e. The minimum atomic E-state index is -0.712. The number of allylic oxidation sites excluding steroid dienone is 1. The summed E-state index contributed by atoms with van der Waals surface area (Å²) in [5.74, 6) is -0.610. The molecule has 3 atom stereocenters. The SMILES string of the molecule is [2H]C1C(=C)NC(=O)C(C(C)(C)C)C1[2H]. The second kappa shape index (κ2) is 2.92. The van der Waals surface area contributed by atoms with Crippen LogP contribution in [-0.2, 0) is 4.79 Å². The minimum absolute atomic E-state index is 0.175. The third kappa shape index (κ3) is 1.87. The van der Waals surface area contributed by atoms with Crippen molar-refractivity contribution in [3.8, 4) is 0 Å². The van der Waals surface area contributed by atoms with E-state index in [2.05, 4.69) is 11.9 Å². The summed E-state index contributed by atoms with van der Waals surface area (Å²) in [4.78, 5) is 11.6. The van der Waals surface area contributed by atoms with Gasteiger partial charge in [-0.3, -0.25) is 4.79 Å². The van der Waals surface area contributed by atoms with Gasteiger partial charge < -0.3 is 5.32 Å². The van der Waals surface area contributed by atoms with Gasteiger partial charge in [-0.25, -0.2) is 0 Å². The van der Waals surface area contributed by atoms with Crippen LogP contribution >= 0.6 is 0 Å². The predicted molar refractivity (Wildman–Crippen MR) is 49.5 cm³/mol. The van der Waals surface area contributed by atoms with Crippen LogP contribution in [0.5, 0.6) is 0 Å². The Morgan fingerprint density at radius 1 is 1.67 bits per heavy atom. The van der Waals surface area contributed by atoms with E-state index in [0.29, 0.717) is 5.70 Å². The van der Waals surface area contributed by atoms with Crippen molar-refractivity contribution < 1.29 is 7.54 Å². The Balaban J connectivity index is 2.96. The highest BCUT2D eigenvalue weighted by atomic mass is 16.2. The zero-order chi connectivity index (χ0) is 11.1. The molecule has 3 unspecified atom stereocenters. The molecule has 1 saturated heterocycles. The van der Waals surface area contributed by atoms with Gasteiger partial charge in [0.1, 0.15) is 0 Å². The van der Waals surface area contributed by atoms with E-state index in [9.17, 15) is 4.79 Å². The normalized spacial score (nSPS) is 40.1. The van der Waals surface area contributed by atoms with E-state index in [0.717, 1.165) is 0 Å². The first-order chi connectivity index (χ1) is 6.25. The Morgan fingerprint density at radius 2 is 2.25 bits per heavy atom. The van der Waals surface area contributed by atoms with Crippen molar-refractivity contribution in [3.05, 3.63) is 12.3 Å². The molecule has 2 heteroatoms. The lowest BCUT2D eigenvalue weighted by atomic mass is 9.76. The van der Waals surface area contributed by atoms with Crippen molar-refractivity contribution in [1.82, 2.24) is 5.32 Å². The lowest BCUT2D eigenvalue weighted by Gasteiger charge is -2.33. The quantitative estimate of drug-likeness (QED) is 0.591. The molecule has 0 aromatic heterocycles. The number of amides is 1. The molecular formula is C10H17NO. The van der Waals surface area contributed by atoms with Gasteiger partial charge in [0, 0.05) is 14.4 Å². The summed E-state index contributed by atoms with van der Waals surface area (Å²) in [7, 11) is 0. The Morgan fingerprint density at radius 3 is 2.75 bits per heavy atom. The molecule has 1 aliphatic rings. The molecule has 2 nitrogen and oxygen atoms in total. The van der Waals surface area contributed by atoms with E-state index in [4.69, 9.17) is 2.74 Å². The van der Waals surface area contributed by atoms with Gasteiger partial charge in [0.25, 0.3) is 0 Å². The highest BCUT2D eigenvalue weighted by Crippen LogP contribution is 2.33. The summed E-state index contributed by atoms with van der Waals surface area (Å²) in [6, 6.07) is 0. The fourth-order valence-electron chi connectivity index (χ4n) is 1.26. The molecule has 0 aromatic rings. The highest BCUT2D eigenvalue weighted by molar-refractivity contribution is 5.82. The number of carbonyl (C=O) groups is 1. The monoisotopic (exact) mass is 169 g/mol. The van der Waals surface area contributed by atoms with Crippen LogP contribution in [0.4, 0.5) is 0 Å². The predicted octanol–water partition coefficient (Wildman–Crippen LogP) is 2.07. The van der Waals surface area contributed by atoms with Crippen LogP contribution < -0.4 is 5.32 Å². The van der Waals surface area contributed by atoms with Gasteiger partial charge in [0.15, 0.2) is 0 Å². The second-order valence-electron chi connectivity index (χ2n) is 4.22. The van der Waals surface area contributed by atoms with Gasteiger partial charge in [-0.05, 0) is 18.2 Å². The molecule has 68 valence electrons. The summed E-state index contributed by atoms with van der Waals surface area (Å²) in [6.45, 7) is 9.32.